The van der Waals surface area contributed by atoms with Crippen LogP contribution in [0.2, 0.25) is 0 Å². The Morgan fingerprint density at radius 1 is 0.812 bits per heavy atom. The van der Waals surface area contributed by atoms with Crippen molar-refractivity contribution in [1.82, 2.24) is 0 Å². The van der Waals surface area contributed by atoms with Crippen molar-refractivity contribution >= 4 is 11.9 Å². The van der Waals surface area contributed by atoms with Crippen LogP contribution in [0.25, 0.3) is 0 Å². The molecular formula is C12H20O4. The SMILES string of the molecule is CCC/C(C(=O)OC)=C(\CCC)C(=O)OC. The lowest BCUT2D eigenvalue weighted by atomic mass is 10.00. The summed E-state index contributed by atoms with van der Waals surface area (Å²) in [6.45, 7) is 3.90. The first-order chi connectivity index (χ1) is 7.62. The molecule has 0 fully saturated rings. The van der Waals surface area contributed by atoms with Crippen LogP contribution in [-0.2, 0) is 19.1 Å². The zero-order chi connectivity index (χ0) is 12.6. The van der Waals surface area contributed by atoms with Crippen molar-refractivity contribution in [3.8, 4) is 0 Å². The van der Waals surface area contributed by atoms with Crippen molar-refractivity contribution in [1.29, 1.82) is 0 Å². The largest absolute Gasteiger partial charge is 0.466 e. The van der Waals surface area contributed by atoms with Gasteiger partial charge in [-0.15, -0.1) is 0 Å². The molecule has 0 aliphatic carbocycles. The molecule has 0 saturated carbocycles. The van der Waals surface area contributed by atoms with E-state index in [9.17, 15) is 9.59 Å². The second-order valence-corrected chi connectivity index (χ2v) is 3.44. The van der Waals surface area contributed by atoms with Gasteiger partial charge in [-0.2, -0.15) is 0 Å². The predicted octanol–water partition coefficient (Wildman–Crippen LogP) is 2.23. The number of methoxy groups -OCH3 is 2. The molecule has 0 heterocycles. The third-order valence-electron chi connectivity index (χ3n) is 2.23. The van der Waals surface area contributed by atoms with Crippen molar-refractivity contribution in [2.75, 3.05) is 14.2 Å². The Morgan fingerprint density at radius 2 is 1.12 bits per heavy atom. The molecule has 0 saturated heterocycles. The highest BCUT2D eigenvalue weighted by atomic mass is 16.5. The zero-order valence-electron chi connectivity index (χ0n) is 10.5. The molecule has 0 unspecified atom stereocenters. The summed E-state index contributed by atoms with van der Waals surface area (Å²) in [5.74, 6) is -0.869. The van der Waals surface area contributed by atoms with E-state index in [0.29, 0.717) is 24.0 Å². The fourth-order valence-electron chi connectivity index (χ4n) is 1.50. The van der Waals surface area contributed by atoms with E-state index in [1.807, 2.05) is 13.8 Å². The molecule has 0 aliphatic heterocycles. The lowest BCUT2D eigenvalue weighted by molar-refractivity contribution is -0.139. The van der Waals surface area contributed by atoms with Gasteiger partial charge < -0.3 is 9.47 Å². The van der Waals surface area contributed by atoms with Gasteiger partial charge in [-0.1, -0.05) is 26.7 Å². The monoisotopic (exact) mass is 228 g/mol. The predicted molar refractivity (Wildman–Crippen MR) is 60.9 cm³/mol. The van der Waals surface area contributed by atoms with Crippen molar-refractivity contribution < 1.29 is 19.1 Å². The van der Waals surface area contributed by atoms with Crippen LogP contribution in [0.4, 0.5) is 0 Å². The molecule has 0 N–H and O–H groups in total. The minimum absolute atomic E-state index is 0.435. The second kappa shape index (κ2) is 7.91. The molecular weight excluding hydrogens is 208 g/mol. The fraction of sp³-hybridized carbons (Fsp3) is 0.667. The van der Waals surface area contributed by atoms with Gasteiger partial charge in [-0.25, -0.2) is 9.59 Å². The third kappa shape index (κ3) is 4.04. The van der Waals surface area contributed by atoms with E-state index >= 15 is 0 Å². The molecule has 4 nitrogen and oxygen atoms in total. The average molecular weight is 228 g/mol. The number of hydrogen-bond donors (Lipinski definition) is 0. The molecule has 0 amide bonds. The smallest absolute Gasteiger partial charge is 0.334 e. The van der Waals surface area contributed by atoms with E-state index in [1.54, 1.807) is 0 Å². The second-order valence-electron chi connectivity index (χ2n) is 3.44. The Hall–Kier alpha value is -1.32. The molecule has 0 aromatic rings. The first-order valence-corrected chi connectivity index (χ1v) is 5.50. The van der Waals surface area contributed by atoms with Crippen LogP contribution in [0.15, 0.2) is 11.1 Å². The van der Waals surface area contributed by atoms with Crippen LogP contribution in [0.5, 0.6) is 0 Å². The van der Waals surface area contributed by atoms with Crippen LogP contribution in [0.1, 0.15) is 39.5 Å². The molecule has 0 radical (unpaired) electrons. The van der Waals surface area contributed by atoms with Gasteiger partial charge in [0.1, 0.15) is 0 Å². The van der Waals surface area contributed by atoms with E-state index in [-0.39, 0.29) is 0 Å². The Labute approximate surface area is 96.6 Å². The molecule has 0 aliphatic rings. The van der Waals surface area contributed by atoms with E-state index in [4.69, 9.17) is 0 Å². The standard InChI is InChI=1S/C12H20O4/c1-5-7-9(11(13)15-3)10(8-6-2)12(14)16-4/h5-8H2,1-4H3/b10-9-. The number of hydrogen-bond acceptors (Lipinski definition) is 4. The van der Waals surface area contributed by atoms with Crippen LogP contribution in [0.3, 0.4) is 0 Å². The summed E-state index contributed by atoms with van der Waals surface area (Å²) in [6, 6.07) is 0. The van der Waals surface area contributed by atoms with Crippen LogP contribution < -0.4 is 0 Å². The summed E-state index contributed by atoms with van der Waals surface area (Å²) >= 11 is 0. The summed E-state index contributed by atoms with van der Waals surface area (Å²) < 4.78 is 9.36. The number of ether oxygens (including phenoxy) is 2. The van der Waals surface area contributed by atoms with E-state index < -0.39 is 11.9 Å². The normalized spacial score (nSPS) is 11.8. The molecule has 92 valence electrons. The molecule has 16 heavy (non-hydrogen) atoms. The minimum atomic E-state index is -0.435. The molecule has 0 atom stereocenters. The first-order valence-electron chi connectivity index (χ1n) is 5.50. The van der Waals surface area contributed by atoms with Gasteiger partial charge in [0.2, 0.25) is 0 Å². The number of esters is 2. The maximum atomic E-state index is 11.6. The molecule has 0 bridgehead atoms. The Morgan fingerprint density at radius 3 is 1.31 bits per heavy atom. The summed E-state index contributed by atoms with van der Waals surface area (Å²) in [5, 5.41) is 0. The van der Waals surface area contributed by atoms with Gasteiger partial charge in [0.15, 0.2) is 0 Å². The molecule has 4 heteroatoms. The topological polar surface area (TPSA) is 52.6 Å². The third-order valence-corrected chi connectivity index (χ3v) is 2.23. The van der Waals surface area contributed by atoms with Crippen molar-refractivity contribution in [2.24, 2.45) is 0 Å². The molecule has 0 aromatic heterocycles. The van der Waals surface area contributed by atoms with Crippen LogP contribution in [-0.4, -0.2) is 26.2 Å². The quantitative estimate of drug-likeness (QED) is 0.516. The highest BCUT2D eigenvalue weighted by Crippen LogP contribution is 2.18. The summed E-state index contributed by atoms with van der Waals surface area (Å²) in [4.78, 5) is 23.1. The zero-order valence-corrected chi connectivity index (χ0v) is 10.5. The fourth-order valence-corrected chi connectivity index (χ4v) is 1.50. The van der Waals surface area contributed by atoms with Crippen molar-refractivity contribution in [3.63, 3.8) is 0 Å². The highest BCUT2D eigenvalue weighted by Gasteiger charge is 2.20. The highest BCUT2D eigenvalue weighted by molar-refractivity contribution is 6.00. The van der Waals surface area contributed by atoms with Gasteiger partial charge >= 0.3 is 11.9 Å². The lowest BCUT2D eigenvalue weighted by Gasteiger charge is -2.10. The van der Waals surface area contributed by atoms with Crippen LogP contribution in [0, 0.1) is 0 Å². The Balaban J connectivity index is 5.24. The van der Waals surface area contributed by atoms with Crippen LogP contribution >= 0.6 is 0 Å². The van der Waals surface area contributed by atoms with Gasteiger partial charge in [0.25, 0.3) is 0 Å². The summed E-state index contributed by atoms with van der Waals surface area (Å²) in [6.07, 6.45) is 2.65. The lowest BCUT2D eigenvalue weighted by Crippen LogP contribution is -2.14. The Kier molecular flexibility index (Phi) is 7.25. The minimum Gasteiger partial charge on any atom is -0.466 e. The van der Waals surface area contributed by atoms with E-state index in [2.05, 4.69) is 9.47 Å². The van der Waals surface area contributed by atoms with Gasteiger partial charge in [-0.05, 0) is 12.8 Å². The number of rotatable bonds is 6. The van der Waals surface area contributed by atoms with Gasteiger partial charge in [0.05, 0.1) is 14.2 Å². The summed E-state index contributed by atoms with van der Waals surface area (Å²) in [7, 11) is 2.64. The molecule has 0 spiro atoms. The maximum Gasteiger partial charge on any atom is 0.334 e. The van der Waals surface area contributed by atoms with Crippen molar-refractivity contribution in [3.05, 3.63) is 11.1 Å². The average Bonchev–Trinajstić information content (AvgIpc) is 2.31. The van der Waals surface area contributed by atoms with Gasteiger partial charge in [-0.3, -0.25) is 0 Å². The Bertz CT molecular complexity index is 251. The number of carbonyl (C=O) groups excluding carboxylic acids is 2. The number of carbonyl (C=O) groups is 2. The molecule has 0 aromatic carbocycles. The van der Waals surface area contributed by atoms with Gasteiger partial charge in [0, 0.05) is 11.1 Å². The first kappa shape index (κ1) is 14.7. The maximum absolute atomic E-state index is 11.6. The van der Waals surface area contributed by atoms with Crippen molar-refractivity contribution in [2.45, 2.75) is 39.5 Å². The molecule has 0 rings (SSSR count). The van der Waals surface area contributed by atoms with E-state index in [0.717, 1.165) is 12.8 Å². The van der Waals surface area contributed by atoms with E-state index in [1.165, 1.54) is 14.2 Å². The summed E-state index contributed by atoms with van der Waals surface area (Å²) in [5.41, 5.74) is 0.886.